The normalized spacial score (nSPS) is 11.6. The molecule has 5 rings (SSSR count). The van der Waals surface area contributed by atoms with Crippen LogP contribution in [0.1, 0.15) is 250 Å². The van der Waals surface area contributed by atoms with Crippen molar-refractivity contribution >= 4 is 35.8 Å². The third-order valence-electron chi connectivity index (χ3n) is 16.7. The van der Waals surface area contributed by atoms with Gasteiger partial charge in [-0.3, -0.25) is 19.2 Å². The third-order valence-corrected chi connectivity index (χ3v) is 16.7. The molecule has 4 aromatic carbocycles. The van der Waals surface area contributed by atoms with Crippen LogP contribution in [0, 0.1) is 0 Å². The van der Waals surface area contributed by atoms with E-state index in [1.807, 2.05) is 0 Å². The van der Waals surface area contributed by atoms with Crippen molar-refractivity contribution < 1.29 is 76.1 Å². The molecule has 0 saturated heterocycles. The maximum absolute atomic E-state index is 12.8. The molecule has 16 nitrogen and oxygen atoms in total. The lowest BCUT2D eigenvalue weighted by molar-refractivity contribution is -0.156. The lowest BCUT2D eigenvalue weighted by Crippen LogP contribution is -2.16. The van der Waals surface area contributed by atoms with E-state index in [1.54, 1.807) is 13.8 Å². The van der Waals surface area contributed by atoms with E-state index in [1.165, 1.54) is 22.3 Å². The minimum Gasteiger partial charge on any atom is -0.493 e. The first-order chi connectivity index (χ1) is 46.8. The molecule has 4 aromatic rings. The molecular formula is C80H112O16. The van der Waals surface area contributed by atoms with Crippen LogP contribution < -0.4 is 18.9 Å². The van der Waals surface area contributed by atoms with Crippen molar-refractivity contribution in [3.05, 3.63) is 141 Å². The van der Waals surface area contributed by atoms with E-state index < -0.39 is 48.7 Å². The second-order valence-electron chi connectivity index (χ2n) is 24.9. The minimum atomic E-state index is -0.667. The summed E-state index contributed by atoms with van der Waals surface area (Å²) in [6.07, 6.45) is 25.2. The number of carbonyl (C=O) groups is 6. The van der Waals surface area contributed by atoms with Crippen molar-refractivity contribution in [1.29, 1.82) is 0 Å². The van der Waals surface area contributed by atoms with E-state index in [2.05, 4.69) is 89.4 Å². The molecule has 528 valence electrons. The molecule has 0 unspecified atom stereocenters. The van der Waals surface area contributed by atoms with E-state index in [0.717, 1.165) is 197 Å². The SMILES string of the molecule is C=CC(=O)OCCCOc1c2cc(CCCCCC)cc1Cc1cc(CCCCCC)cc(c1OCCCOC(=O)CC(=O)OCC)Cc1cc(CCCCCC)cc(c1OCCCOC(=O)CC(=O)OCC)Cc1cc(CCCCCC)cc(c1OCCCOC(=O)C=C)C2. The predicted octanol–water partition coefficient (Wildman–Crippen LogP) is 16.4. The summed E-state index contributed by atoms with van der Waals surface area (Å²) in [6.45, 7) is 21.0. The average molecular weight is 1330 g/mol. The van der Waals surface area contributed by atoms with Gasteiger partial charge in [-0.2, -0.15) is 0 Å². The van der Waals surface area contributed by atoms with E-state index >= 15 is 0 Å². The molecule has 0 radical (unpaired) electrons. The van der Waals surface area contributed by atoms with Gasteiger partial charge >= 0.3 is 35.8 Å². The lowest BCUT2D eigenvalue weighted by atomic mass is 9.87. The van der Waals surface area contributed by atoms with Gasteiger partial charge in [0.2, 0.25) is 0 Å². The number of hydrogen-bond donors (Lipinski definition) is 0. The molecule has 0 amide bonds. The number of fused-ring (bicyclic) bond motifs is 8. The molecule has 0 fully saturated rings. The lowest BCUT2D eigenvalue weighted by Gasteiger charge is -2.25. The highest BCUT2D eigenvalue weighted by Gasteiger charge is 2.26. The van der Waals surface area contributed by atoms with Crippen LogP contribution in [0.25, 0.3) is 0 Å². The third kappa shape index (κ3) is 29.4. The molecule has 0 heterocycles. The molecule has 0 spiro atoms. The zero-order valence-corrected chi connectivity index (χ0v) is 59.0. The zero-order chi connectivity index (χ0) is 69.1. The van der Waals surface area contributed by atoms with Crippen LogP contribution in [0.2, 0.25) is 0 Å². The van der Waals surface area contributed by atoms with E-state index in [-0.39, 0.29) is 66.1 Å². The molecule has 0 saturated carbocycles. The second-order valence-corrected chi connectivity index (χ2v) is 24.9. The van der Waals surface area contributed by atoms with Gasteiger partial charge in [-0.25, -0.2) is 9.59 Å². The van der Waals surface area contributed by atoms with Gasteiger partial charge in [0.15, 0.2) is 0 Å². The Morgan fingerprint density at radius 3 is 0.750 bits per heavy atom. The molecule has 96 heavy (non-hydrogen) atoms. The number of unbranched alkanes of at least 4 members (excludes halogenated alkanes) is 12. The van der Waals surface area contributed by atoms with Gasteiger partial charge in [-0.15, -0.1) is 0 Å². The highest BCUT2D eigenvalue weighted by molar-refractivity contribution is 5.91. The van der Waals surface area contributed by atoms with Gasteiger partial charge in [-0.1, -0.05) is 166 Å². The van der Waals surface area contributed by atoms with Crippen LogP contribution in [0.15, 0.2) is 73.8 Å². The van der Waals surface area contributed by atoms with Crippen LogP contribution in [0.3, 0.4) is 0 Å². The quantitative estimate of drug-likeness (QED) is 0.0117. The number of ether oxygens (including phenoxy) is 10. The first kappa shape index (κ1) is 79.1. The fourth-order valence-electron chi connectivity index (χ4n) is 12.0. The van der Waals surface area contributed by atoms with Crippen LogP contribution >= 0.6 is 0 Å². The highest BCUT2D eigenvalue weighted by Crippen LogP contribution is 2.42. The number of esters is 6. The van der Waals surface area contributed by atoms with Crippen molar-refractivity contribution in [3.63, 3.8) is 0 Å². The van der Waals surface area contributed by atoms with Gasteiger partial charge in [0.1, 0.15) is 35.8 Å². The van der Waals surface area contributed by atoms with Crippen LogP contribution in [-0.4, -0.2) is 102 Å². The first-order valence-corrected chi connectivity index (χ1v) is 36.1. The highest BCUT2D eigenvalue weighted by atomic mass is 16.6. The smallest absolute Gasteiger partial charge is 0.330 e. The first-order valence-electron chi connectivity index (χ1n) is 36.1. The van der Waals surface area contributed by atoms with Gasteiger partial charge < -0.3 is 47.4 Å². The van der Waals surface area contributed by atoms with Gasteiger partial charge in [0.25, 0.3) is 0 Å². The molecule has 1 aliphatic carbocycles. The molecule has 0 N–H and O–H groups in total. The Morgan fingerprint density at radius 1 is 0.302 bits per heavy atom. The summed E-state index contributed by atoms with van der Waals surface area (Å²) >= 11 is 0. The Morgan fingerprint density at radius 2 is 0.531 bits per heavy atom. The van der Waals surface area contributed by atoms with Crippen molar-refractivity contribution in [2.75, 3.05) is 66.1 Å². The van der Waals surface area contributed by atoms with Crippen molar-refractivity contribution in [3.8, 4) is 23.0 Å². The molecule has 8 bridgehead atoms. The Hall–Kier alpha value is -7.62. The number of hydrogen-bond acceptors (Lipinski definition) is 16. The Balaban J connectivity index is 1.88. The van der Waals surface area contributed by atoms with Crippen molar-refractivity contribution in [2.24, 2.45) is 0 Å². The summed E-state index contributed by atoms with van der Waals surface area (Å²) in [5.41, 5.74) is 12.5. The van der Waals surface area contributed by atoms with Gasteiger partial charge in [0, 0.05) is 63.5 Å². The summed E-state index contributed by atoms with van der Waals surface area (Å²) in [7, 11) is 0. The van der Waals surface area contributed by atoms with Gasteiger partial charge in [0.05, 0.1) is 66.1 Å². The minimum absolute atomic E-state index is 0.0244. The molecule has 0 aliphatic heterocycles. The summed E-state index contributed by atoms with van der Waals surface area (Å²) in [5, 5.41) is 0. The number of carbonyl (C=O) groups excluding carboxylic acids is 6. The Kier molecular flexibility index (Phi) is 38.3. The largest absolute Gasteiger partial charge is 0.493 e. The molecule has 0 atom stereocenters. The van der Waals surface area contributed by atoms with Crippen molar-refractivity contribution in [1.82, 2.24) is 0 Å². The van der Waals surface area contributed by atoms with E-state index in [9.17, 15) is 28.8 Å². The fraction of sp³-hybridized carbons (Fsp3) is 0.575. The van der Waals surface area contributed by atoms with Crippen LogP contribution in [-0.2, 0) is 109 Å². The van der Waals surface area contributed by atoms with E-state index in [4.69, 9.17) is 47.4 Å². The average Bonchev–Trinajstić information content (AvgIpc) is 0.781. The predicted molar refractivity (Wildman–Crippen MR) is 376 cm³/mol. The number of rotatable bonds is 48. The number of aryl methyl sites for hydroxylation is 4. The number of benzene rings is 4. The zero-order valence-electron chi connectivity index (χ0n) is 59.0. The Labute approximate surface area is 573 Å². The maximum Gasteiger partial charge on any atom is 0.330 e. The summed E-state index contributed by atoms with van der Waals surface area (Å²) < 4.78 is 60.6. The standard InChI is InChI=1S/C80H112O16/c1-9-17-21-25-33-59-45-63-53-64-46-60(34-26-22-18-10-2)48-66(78(64)94-42-30-38-90-72(82)14-6)55-68-50-62(36-28-24-20-12-4)52-70(80(68)96-44-32-40-92-76(86)58-74(84)88-16-8)56-69-51-61(35-27-23-19-11-3)49-67(54-65(47-59)77(63)93-41-29-37-89-71(81)13-5)79(69)95-43-31-39-91-75(85)57-73(83)87-15-7/h13-14,45-52H,5-6,9-12,15-44,53-58H2,1-4,7-8H3. The summed E-state index contributed by atoms with van der Waals surface area (Å²) in [5.74, 6) is -0.730. The molecule has 16 heteroatoms. The van der Waals surface area contributed by atoms with Crippen LogP contribution in [0.5, 0.6) is 23.0 Å². The van der Waals surface area contributed by atoms with Crippen molar-refractivity contribution in [2.45, 2.75) is 234 Å². The summed E-state index contributed by atoms with van der Waals surface area (Å²) in [6, 6.07) is 18.4. The maximum atomic E-state index is 12.8. The summed E-state index contributed by atoms with van der Waals surface area (Å²) in [4.78, 5) is 74.7. The fourth-order valence-corrected chi connectivity index (χ4v) is 12.0. The molecule has 1 aliphatic rings. The van der Waals surface area contributed by atoms with E-state index in [0.29, 0.717) is 62.9 Å². The monoisotopic (exact) mass is 1330 g/mol. The molecular weight excluding hydrogens is 1220 g/mol. The molecule has 0 aromatic heterocycles. The topological polar surface area (TPSA) is 195 Å². The van der Waals surface area contributed by atoms with Crippen LogP contribution in [0.4, 0.5) is 0 Å². The van der Waals surface area contributed by atoms with Gasteiger partial charge in [-0.05, 0) is 132 Å². The Bertz CT molecular complexity index is 2870. The second kappa shape index (κ2) is 46.5.